The molecule has 2 rings (SSSR count). The van der Waals surface area contributed by atoms with Crippen molar-refractivity contribution in [3.8, 4) is 5.75 Å². The highest BCUT2D eigenvalue weighted by Crippen LogP contribution is 2.39. The van der Waals surface area contributed by atoms with E-state index in [1.54, 1.807) is 7.11 Å². The van der Waals surface area contributed by atoms with Gasteiger partial charge in [0.2, 0.25) is 0 Å². The van der Waals surface area contributed by atoms with E-state index in [0.29, 0.717) is 16.7 Å². The molecule has 0 spiro atoms. The van der Waals surface area contributed by atoms with E-state index in [2.05, 4.69) is 33.5 Å². The van der Waals surface area contributed by atoms with Crippen LogP contribution in [-0.2, 0) is 0 Å². The molecule has 0 bridgehead atoms. The van der Waals surface area contributed by atoms with Crippen LogP contribution in [0.3, 0.4) is 0 Å². The van der Waals surface area contributed by atoms with Crippen LogP contribution in [0.15, 0.2) is 4.47 Å². The van der Waals surface area contributed by atoms with Crippen molar-refractivity contribution >= 4 is 33.2 Å². The number of aryl methyl sites for hydroxylation is 1. The molecular formula is C13H19BrN2O2S. The quantitative estimate of drug-likeness (QED) is 0.884. The lowest BCUT2D eigenvalue weighted by atomic mass is 10.0. The topological polar surface area (TPSA) is 50.4 Å². The predicted molar refractivity (Wildman–Crippen MR) is 81.3 cm³/mol. The molecule has 0 aromatic carbocycles. The summed E-state index contributed by atoms with van der Waals surface area (Å²) in [4.78, 5) is 14.1. The summed E-state index contributed by atoms with van der Waals surface area (Å²) >= 11 is 4.92. The van der Waals surface area contributed by atoms with Gasteiger partial charge in [0.15, 0.2) is 5.75 Å². The molecule has 1 aromatic heterocycles. The second kappa shape index (κ2) is 6.24. The molecule has 0 aliphatic carbocycles. The van der Waals surface area contributed by atoms with Gasteiger partial charge in [0, 0.05) is 17.0 Å². The predicted octanol–water partition coefficient (Wildman–Crippen LogP) is 2.70. The Labute approximate surface area is 126 Å². The van der Waals surface area contributed by atoms with Crippen LogP contribution < -0.4 is 15.4 Å². The van der Waals surface area contributed by atoms with Gasteiger partial charge in [-0.3, -0.25) is 4.79 Å². The number of ether oxygens (including phenoxy) is 1. The summed E-state index contributed by atoms with van der Waals surface area (Å²) in [7, 11) is 1.59. The van der Waals surface area contributed by atoms with Gasteiger partial charge in [-0.05, 0) is 49.2 Å². The Morgan fingerprint density at radius 2 is 2.32 bits per heavy atom. The Kier molecular flexibility index (Phi) is 4.86. The van der Waals surface area contributed by atoms with Crippen molar-refractivity contribution in [3.63, 3.8) is 0 Å². The molecule has 2 unspecified atom stereocenters. The van der Waals surface area contributed by atoms with Gasteiger partial charge in [0.25, 0.3) is 5.91 Å². The lowest BCUT2D eigenvalue weighted by molar-refractivity contribution is 0.0927. The molecule has 1 aromatic rings. The minimum absolute atomic E-state index is 0.0326. The Morgan fingerprint density at radius 1 is 1.58 bits per heavy atom. The number of rotatable bonds is 3. The molecule has 1 aliphatic heterocycles. The first-order valence-corrected chi connectivity index (χ1v) is 8.01. The average molecular weight is 347 g/mol. The second-order valence-corrected chi connectivity index (χ2v) is 6.90. The fraction of sp³-hybridized carbons (Fsp3) is 0.615. The minimum Gasteiger partial charge on any atom is -0.494 e. The highest BCUT2D eigenvalue weighted by Gasteiger charge is 2.25. The van der Waals surface area contributed by atoms with Gasteiger partial charge in [0.05, 0.1) is 11.6 Å². The third kappa shape index (κ3) is 3.30. The molecule has 0 radical (unpaired) electrons. The van der Waals surface area contributed by atoms with E-state index in [9.17, 15) is 4.79 Å². The summed E-state index contributed by atoms with van der Waals surface area (Å²) in [5.41, 5.74) is 0. The van der Waals surface area contributed by atoms with Crippen LogP contribution in [0.25, 0.3) is 0 Å². The molecule has 4 nitrogen and oxygen atoms in total. The van der Waals surface area contributed by atoms with Crippen LogP contribution in [0.2, 0.25) is 0 Å². The standard InChI is InChI=1S/C13H19BrN2O2S/c1-7-6-9(4-5-15-7)16-13(17)12-11(18-3)10(14)8(2)19-12/h7,9,15H,4-6H2,1-3H3,(H,16,17). The van der Waals surface area contributed by atoms with Crippen molar-refractivity contribution in [2.45, 2.75) is 38.8 Å². The van der Waals surface area contributed by atoms with E-state index in [4.69, 9.17) is 4.74 Å². The minimum atomic E-state index is -0.0326. The number of thiophene rings is 1. The highest BCUT2D eigenvalue weighted by molar-refractivity contribution is 9.10. The monoisotopic (exact) mass is 346 g/mol. The van der Waals surface area contributed by atoms with Crippen molar-refractivity contribution in [1.82, 2.24) is 10.6 Å². The maximum absolute atomic E-state index is 12.3. The molecule has 6 heteroatoms. The smallest absolute Gasteiger partial charge is 0.265 e. The highest BCUT2D eigenvalue weighted by atomic mass is 79.9. The lowest BCUT2D eigenvalue weighted by Gasteiger charge is -2.28. The van der Waals surface area contributed by atoms with E-state index in [-0.39, 0.29) is 11.9 Å². The lowest BCUT2D eigenvalue weighted by Crippen LogP contribution is -2.46. The number of carbonyl (C=O) groups is 1. The van der Waals surface area contributed by atoms with Gasteiger partial charge in [-0.2, -0.15) is 0 Å². The number of amides is 1. The summed E-state index contributed by atoms with van der Waals surface area (Å²) in [6.45, 7) is 5.07. The maximum Gasteiger partial charge on any atom is 0.265 e. The van der Waals surface area contributed by atoms with Gasteiger partial charge >= 0.3 is 0 Å². The van der Waals surface area contributed by atoms with E-state index in [1.807, 2.05) is 6.92 Å². The first-order valence-electron chi connectivity index (χ1n) is 6.40. The molecule has 2 atom stereocenters. The van der Waals surface area contributed by atoms with E-state index in [0.717, 1.165) is 28.7 Å². The van der Waals surface area contributed by atoms with E-state index < -0.39 is 0 Å². The van der Waals surface area contributed by atoms with Crippen molar-refractivity contribution in [3.05, 3.63) is 14.2 Å². The number of methoxy groups -OCH3 is 1. The zero-order valence-corrected chi connectivity index (χ0v) is 13.8. The van der Waals surface area contributed by atoms with Crippen molar-refractivity contribution < 1.29 is 9.53 Å². The van der Waals surface area contributed by atoms with Crippen molar-refractivity contribution in [2.75, 3.05) is 13.7 Å². The van der Waals surface area contributed by atoms with E-state index >= 15 is 0 Å². The Morgan fingerprint density at radius 3 is 2.95 bits per heavy atom. The molecule has 0 saturated carbocycles. The zero-order chi connectivity index (χ0) is 14.0. The Balaban J connectivity index is 2.09. The van der Waals surface area contributed by atoms with E-state index in [1.165, 1.54) is 11.3 Å². The Hall–Kier alpha value is -0.590. The van der Waals surface area contributed by atoms with Crippen molar-refractivity contribution in [2.24, 2.45) is 0 Å². The summed E-state index contributed by atoms with van der Waals surface area (Å²) in [5, 5.41) is 6.49. The molecule has 1 fully saturated rings. The van der Waals surface area contributed by atoms with Gasteiger partial charge in [-0.15, -0.1) is 11.3 Å². The second-order valence-electron chi connectivity index (χ2n) is 4.88. The molecule has 106 valence electrons. The zero-order valence-electron chi connectivity index (χ0n) is 11.4. The van der Waals surface area contributed by atoms with Crippen LogP contribution in [0, 0.1) is 6.92 Å². The van der Waals surface area contributed by atoms with Crippen LogP contribution >= 0.6 is 27.3 Å². The number of piperidine rings is 1. The fourth-order valence-corrected chi connectivity index (χ4v) is 4.00. The first-order chi connectivity index (χ1) is 9.02. The third-order valence-electron chi connectivity index (χ3n) is 3.34. The summed E-state index contributed by atoms with van der Waals surface area (Å²) in [5.74, 6) is 0.608. The van der Waals surface area contributed by atoms with Gasteiger partial charge in [-0.1, -0.05) is 0 Å². The normalized spacial score (nSPS) is 23.2. The summed E-state index contributed by atoms with van der Waals surface area (Å²) in [6.07, 6.45) is 1.95. The summed E-state index contributed by atoms with van der Waals surface area (Å²) < 4.78 is 6.20. The Bertz CT molecular complexity index is 475. The van der Waals surface area contributed by atoms with Crippen LogP contribution in [0.4, 0.5) is 0 Å². The molecule has 1 amide bonds. The molecule has 1 saturated heterocycles. The number of hydrogen-bond acceptors (Lipinski definition) is 4. The largest absolute Gasteiger partial charge is 0.494 e. The third-order valence-corrected chi connectivity index (χ3v) is 5.64. The van der Waals surface area contributed by atoms with Gasteiger partial charge in [0.1, 0.15) is 4.88 Å². The number of carbonyl (C=O) groups excluding carboxylic acids is 1. The van der Waals surface area contributed by atoms with Crippen LogP contribution in [-0.4, -0.2) is 31.6 Å². The van der Waals surface area contributed by atoms with Crippen molar-refractivity contribution in [1.29, 1.82) is 0 Å². The first kappa shape index (κ1) is 14.8. The van der Waals surface area contributed by atoms with Gasteiger partial charge < -0.3 is 15.4 Å². The van der Waals surface area contributed by atoms with Crippen LogP contribution in [0.5, 0.6) is 5.75 Å². The molecular weight excluding hydrogens is 328 g/mol. The molecule has 19 heavy (non-hydrogen) atoms. The number of hydrogen-bond donors (Lipinski definition) is 2. The molecule has 2 heterocycles. The average Bonchev–Trinajstić information content (AvgIpc) is 2.65. The number of halogens is 1. The fourth-order valence-electron chi connectivity index (χ4n) is 2.35. The molecule has 2 N–H and O–H groups in total. The summed E-state index contributed by atoms with van der Waals surface area (Å²) in [6, 6.07) is 0.701. The van der Waals surface area contributed by atoms with Gasteiger partial charge in [-0.25, -0.2) is 0 Å². The van der Waals surface area contributed by atoms with Crippen LogP contribution in [0.1, 0.15) is 34.3 Å². The molecule has 1 aliphatic rings. The maximum atomic E-state index is 12.3. The SMILES string of the molecule is COc1c(C(=O)NC2CCNC(C)C2)sc(C)c1Br. The number of nitrogens with one attached hydrogen (secondary N) is 2.